The minimum atomic E-state index is 0.926. The number of pyridine rings is 1. The van der Waals surface area contributed by atoms with Crippen molar-refractivity contribution in [2.45, 2.75) is 6.42 Å². The Balaban J connectivity index is 1.44. The Bertz CT molecular complexity index is 1940. The molecule has 5 nitrogen and oxygen atoms in total. The second-order valence-electron chi connectivity index (χ2n) is 9.71. The Morgan fingerprint density at radius 1 is 0.568 bits per heavy atom. The Hall–Kier alpha value is -4.61. The summed E-state index contributed by atoms with van der Waals surface area (Å²) in [5.41, 5.74) is 10.6. The van der Waals surface area contributed by atoms with Gasteiger partial charge in [0.25, 0.3) is 0 Å². The minimum absolute atomic E-state index is 0.926. The van der Waals surface area contributed by atoms with E-state index in [9.17, 15) is 0 Å². The van der Waals surface area contributed by atoms with E-state index in [0.717, 1.165) is 42.0 Å². The summed E-state index contributed by atoms with van der Waals surface area (Å²) in [5, 5.41) is 7.27. The number of fused-ring (bicyclic) bond motifs is 6. The van der Waals surface area contributed by atoms with Crippen LogP contribution < -0.4 is 10.4 Å². The van der Waals surface area contributed by atoms with Gasteiger partial charge in [-0.25, -0.2) is 10.4 Å². The number of hydrogen-bond acceptors (Lipinski definition) is 3. The van der Waals surface area contributed by atoms with Crippen molar-refractivity contribution in [3.8, 4) is 11.5 Å². The third-order valence-corrected chi connectivity index (χ3v) is 7.62. The number of anilines is 1. The number of rotatable bonds is 3. The van der Waals surface area contributed by atoms with Crippen molar-refractivity contribution >= 4 is 49.3 Å². The van der Waals surface area contributed by atoms with E-state index in [1.165, 1.54) is 38.3 Å². The molecule has 1 fully saturated rings. The summed E-state index contributed by atoms with van der Waals surface area (Å²) in [6, 6.07) is 37.1. The monoisotopic (exact) mass is 479 g/mol. The smallest absolute Gasteiger partial charge is 0.137 e. The molecule has 5 heteroatoms. The number of aromatic nitrogens is 3. The predicted octanol–water partition coefficient (Wildman–Crippen LogP) is 6.99. The van der Waals surface area contributed by atoms with E-state index < -0.39 is 0 Å². The number of nitrogens with zero attached hydrogens (tertiary/aromatic N) is 4. The molecule has 8 rings (SSSR count). The van der Waals surface area contributed by atoms with Gasteiger partial charge in [0.2, 0.25) is 0 Å². The summed E-state index contributed by atoms with van der Waals surface area (Å²) >= 11 is 0. The molecule has 1 aliphatic rings. The summed E-state index contributed by atoms with van der Waals surface area (Å²) in [4.78, 5) is 4.71. The molecule has 37 heavy (non-hydrogen) atoms. The second kappa shape index (κ2) is 7.95. The fourth-order valence-electron chi connectivity index (χ4n) is 5.99. The molecule has 7 aromatic rings. The highest BCUT2D eigenvalue weighted by Crippen LogP contribution is 2.37. The van der Waals surface area contributed by atoms with Gasteiger partial charge >= 0.3 is 0 Å². The fraction of sp³-hybridized carbons (Fsp3) is 0.0938. The Kier molecular flexibility index (Phi) is 4.42. The topological polar surface area (TPSA) is 38.0 Å². The zero-order valence-electron chi connectivity index (χ0n) is 20.3. The molecule has 0 radical (unpaired) electrons. The zero-order chi connectivity index (χ0) is 24.3. The van der Waals surface area contributed by atoms with Crippen LogP contribution in [0.25, 0.3) is 55.1 Å². The number of nitrogens with one attached hydrogen (secondary N) is 1. The van der Waals surface area contributed by atoms with Crippen LogP contribution in [0.4, 0.5) is 5.69 Å². The quantitative estimate of drug-likeness (QED) is 0.297. The lowest BCUT2D eigenvalue weighted by atomic mass is 10.1. The molecule has 4 heterocycles. The van der Waals surface area contributed by atoms with Crippen LogP contribution in [0.5, 0.6) is 0 Å². The Morgan fingerprint density at radius 2 is 1.19 bits per heavy atom. The summed E-state index contributed by atoms with van der Waals surface area (Å²) in [7, 11) is 0. The molecular weight excluding hydrogens is 454 g/mol. The maximum Gasteiger partial charge on any atom is 0.137 e. The summed E-state index contributed by atoms with van der Waals surface area (Å²) in [6.45, 7) is 2.05. The van der Waals surface area contributed by atoms with E-state index >= 15 is 0 Å². The first-order valence-electron chi connectivity index (χ1n) is 12.9. The van der Waals surface area contributed by atoms with Gasteiger partial charge in [-0.05, 0) is 55.0 Å². The van der Waals surface area contributed by atoms with Crippen molar-refractivity contribution in [2.24, 2.45) is 0 Å². The van der Waals surface area contributed by atoms with Crippen LogP contribution in [0.1, 0.15) is 6.42 Å². The lowest BCUT2D eigenvalue weighted by Crippen LogP contribution is -2.30. The van der Waals surface area contributed by atoms with E-state index in [-0.39, 0.29) is 0 Å². The first kappa shape index (κ1) is 20.6. The molecule has 0 amide bonds. The molecule has 3 aromatic heterocycles. The minimum Gasteiger partial charge on any atom is -0.309 e. The van der Waals surface area contributed by atoms with Gasteiger partial charge in [0.15, 0.2) is 0 Å². The predicted molar refractivity (Wildman–Crippen MR) is 153 cm³/mol. The SMILES string of the molecule is c1ccc(-n2c3ccccc3c3ccc(-n4c5ccccc5c5ccc(N6CCCN6)cc54)cc32)nc1. The van der Waals surface area contributed by atoms with E-state index in [1.54, 1.807) is 0 Å². The van der Waals surface area contributed by atoms with Crippen LogP contribution in [-0.4, -0.2) is 27.2 Å². The number of benzene rings is 4. The molecule has 0 saturated carbocycles. The fourth-order valence-corrected chi connectivity index (χ4v) is 5.99. The summed E-state index contributed by atoms with van der Waals surface area (Å²) in [6.07, 6.45) is 3.02. The first-order chi connectivity index (χ1) is 18.4. The normalized spacial score (nSPS) is 14.0. The molecule has 0 bridgehead atoms. The van der Waals surface area contributed by atoms with Gasteiger partial charge in [-0.3, -0.25) is 4.57 Å². The molecular formula is C32H25N5. The van der Waals surface area contributed by atoms with Crippen LogP contribution in [0, 0.1) is 0 Å². The van der Waals surface area contributed by atoms with Crippen LogP contribution in [0.15, 0.2) is 109 Å². The maximum atomic E-state index is 4.71. The van der Waals surface area contributed by atoms with Crippen molar-refractivity contribution in [2.75, 3.05) is 18.1 Å². The van der Waals surface area contributed by atoms with Gasteiger partial charge in [-0.1, -0.05) is 54.6 Å². The van der Waals surface area contributed by atoms with Crippen molar-refractivity contribution < 1.29 is 0 Å². The first-order valence-corrected chi connectivity index (χ1v) is 12.9. The summed E-state index contributed by atoms with van der Waals surface area (Å²) < 4.78 is 4.69. The maximum absolute atomic E-state index is 4.71. The van der Waals surface area contributed by atoms with Crippen LogP contribution in [0.3, 0.4) is 0 Å². The molecule has 178 valence electrons. The molecule has 1 N–H and O–H groups in total. The average molecular weight is 480 g/mol. The van der Waals surface area contributed by atoms with Gasteiger partial charge in [0, 0.05) is 46.5 Å². The molecule has 1 aliphatic heterocycles. The molecule has 0 atom stereocenters. The molecule has 0 unspecified atom stereocenters. The third-order valence-electron chi connectivity index (χ3n) is 7.62. The van der Waals surface area contributed by atoms with E-state index in [2.05, 4.69) is 111 Å². The van der Waals surface area contributed by atoms with E-state index in [0.29, 0.717) is 0 Å². The standard InChI is InChI=1S/C32H25N5/c1-3-10-28-24(8-1)26-15-13-22(35-19-7-18-34-35)20-30(26)36(28)23-14-16-27-25-9-2-4-11-29(25)37(31(27)21-23)32-12-5-6-17-33-32/h1-6,8-17,20-21,34H,7,18-19H2. The average Bonchev–Trinajstić information content (AvgIpc) is 3.68. The highest BCUT2D eigenvalue weighted by atomic mass is 15.5. The van der Waals surface area contributed by atoms with Gasteiger partial charge in [0.1, 0.15) is 5.82 Å². The van der Waals surface area contributed by atoms with Crippen LogP contribution >= 0.6 is 0 Å². The van der Waals surface area contributed by atoms with Gasteiger partial charge in [-0.15, -0.1) is 0 Å². The number of hydrogen-bond donors (Lipinski definition) is 1. The van der Waals surface area contributed by atoms with Crippen molar-refractivity contribution in [1.29, 1.82) is 0 Å². The Morgan fingerprint density at radius 3 is 1.89 bits per heavy atom. The highest BCUT2D eigenvalue weighted by Gasteiger charge is 2.18. The zero-order valence-corrected chi connectivity index (χ0v) is 20.3. The highest BCUT2D eigenvalue weighted by molar-refractivity contribution is 6.12. The molecule has 1 saturated heterocycles. The van der Waals surface area contributed by atoms with Crippen LogP contribution in [-0.2, 0) is 0 Å². The molecule has 0 aliphatic carbocycles. The second-order valence-corrected chi connectivity index (χ2v) is 9.71. The van der Waals surface area contributed by atoms with Crippen molar-refractivity contribution in [3.63, 3.8) is 0 Å². The van der Waals surface area contributed by atoms with Gasteiger partial charge < -0.3 is 9.58 Å². The lowest BCUT2D eigenvalue weighted by Gasteiger charge is -2.18. The van der Waals surface area contributed by atoms with Gasteiger partial charge in [0.05, 0.1) is 27.8 Å². The Labute approximate surface area is 214 Å². The third kappa shape index (κ3) is 3.04. The molecule has 0 spiro atoms. The van der Waals surface area contributed by atoms with Crippen molar-refractivity contribution in [3.05, 3.63) is 109 Å². The largest absolute Gasteiger partial charge is 0.309 e. The van der Waals surface area contributed by atoms with Crippen LogP contribution in [0.2, 0.25) is 0 Å². The number of para-hydroxylation sites is 2. The molecule has 4 aromatic carbocycles. The van der Waals surface area contributed by atoms with E-state index in [1.807, 2.05) is 18.3 Å². The van der Waals surface area contributed by atoms with Crippen molar-refractivity contribution in [1.82, 2.24) is 19.5 Å². The summed E-state index contributed by atoms with van der Waals surface area (Å²) in [5.74, 6) is 0.926. The number of hydrazine groups is 1. The lowest BCUT2D eigenvalue weighted by molar-refractivity contribution is 0.788. The van der Waals surface area contributed by atoms with Gasteiger partial charge in [-0.2, -0.15) is 0 Å². The van der Waals surface area contributed by atoms with E-state index in [4.69, 9.17) is 4.98 Å².